The van der Waals surface area contributed by atoms with Crippen LogP contribution >= 0.6 is 0 Å². The zero-order valence-corrected chi connectivity index (χ0v) is 22.0. The summed E-state index contributed by atoms with van der Waals surface area (Å²) < 4.78 is 5.33. The highest BCUT2D eigenvalue weighted by Gasteiger charge is 2.55. The third kappa shape index (κ3) is 4.82. The molecule has 0 radical (unpaired) electrons. The minimum atomic E-state index is -0.549. The number of ether oxygens (including phenoxy) is 1. The maximum absolute atomic E-state index is 11.6. The van der Waals surface area contributed by atoms with E-state index in [0.29, 0.717) is 12.5 Å². The van der Waals surface area contributed by atoms with Crippen molar-refractivity contribution >= 4 is 0 Å². The van der Waals surface area contributed by atoms with E-state index in [1.807, 2.05) is 12.1 Å². The van der Waals surface area contributed by atoms with E-state index in [0.717, 1.165) is 51.1 Å². The third-order valence-corrected chi connectivity index (χ3v) is 9.42. The van der Waals surface area contributed by atoms with Crippen LogP contribution in [0.1, 0.15) is 56.1 Å². The van der Waals surface area contributed by atoms with Crippen molar-refractivity contribution in [3.63, 3.8) is 0 Å². The monoisotopic (exact) mass is 493 g/mol. The molecule has 0 amide bonds. The van der Waals surface area contributed by atoms with Crippen molar-refractivity contribution in [3.8, 4) is 5.75 Å². The second-order valence-corrected chi connectivity index (χ2v) is 11.3. The first kappa shape index (κ1) is 25.7. The van der Waals surface area contributed by atoms with Gasteiger partial charge < -0.3 is 14.9 Å². The minimum absolute atomic E-state index is 0.0141. The Bertz CT molecular complexity index is 971. The molecule has 2 aliphatic carbocycles. The van der Waals surface area contributed by atoms with E-state index in [-0.39, 0.29) is 17.7 Å². The van der Waals surface area contributed by atoms with Crippen LogP contribution in [0, 0.1) is 5.92 Å². The van der Waals surface area contributed by atoms with Gasteiger partial charge in [0.2, 0.25) is 0 Å². The molecule has 6 nitrogen and oxygen atoms in total. The van der Waals surface area contributed by atoms with Gasteiger partial charge in [-0.1, -0.05) is 48.9 Å². The van der Waals surface area contributed by atoms with Gasteiger partial charge in [0, 0.05) is 37.3 Å². The molecule has 6 heteroatoms. The molecular formula is C30H43N3O3. The van der Waals surface area contributed by atoms with E-state index in [4.69, 9.17) is 4.74 Å². The van der Waals surface area contributed by atoms with Crippen LogP contribution in [0.15, 0.2) is 54.6 Å². The molecule has 3 aliphatic rings. The largest absolute Gasteiger partial charge is 0.497 e. The summed E-state index contributed by atoms with van der Waals surface area (Å²) >= 11 is 0. The van der Waals surface area contributed by atoms with Gasteiger partial charge >= 0.3 is 0 Å². The fourth-order valence-electron chi connectivity index (χ4n) is 6.91. The Kier molecular flexibility index (Phi) is 7.70. The van der Waals surface area contributed by atoms with Crippen molar-refractivity contribution in [1.29, 1.82) is 0 Å². The number of hydrogen-bond acceptors (Lipinski definition) is 6. The summed E-state index contributed by atoms with van der Waals surface area (Å²) in [5.41, 5.74) is 2.45. The van der Waals surface area contributed by atoms with Crippen LogP contribution in [-0.2, 0) is 12.1 Å². The predicted molar refractivity (Wildman–Crippen MR) is 142 cm³/mol. The summed E-state index contributed by atoms with van der Waals surface area (Å²) in [6.07, 6.45) is 7.47. The molecule has 2 aromatic rings. The van der Waals surface area contributed by atoms with Crippen molar-refractivity contribution in [2.24, 2.45) is 5.92 Å². The lowest BCUT2D eigenvalue weighted by Crippen LogP contribution is -2.58. The number of nitrogens with zero attached hydrogens (tertiary/aromatic N) is 3. The fraction of sp³-hybridized carbons (Fsp3) is 0.600. The molecule has 36 heavy (non-hydrogen) atoms. The first-order valence-corrected chi connectivity index (χ1v) is 13.7. The lowest BCUT2D eigenvalue weighted by molar-refractivity contribution is -0.105. The highest BCUT2D eigenvalue weighted by molar-refractivity contribution is 5.28. The van der Waals surface area contributed by atoms with Gasteiger partial charge in [-0.2, -0.15) is 0 Å². The molecule has 0 aromatic heterocycles. The van der Waals surface area contributed by atoms with Crippen LogP contribution in [0.25, 0.3) is 0 Å². The number of methoxy groups -OCH3 is 1. The van der Waals surface area contributed by atoms with Crippen molar-refractivity contribution < 1.29 is 14.9 Å². The third-order valence-electron chi connectivity index (χ3n) is 9.42. The summed E-state index contributed by atoms with van der Waals surface area (Å²) in [5, 5.41) is 21.4. The SMILES string of the molecule is COc1ccc(CN2CC3(CCC(c4ccccc4)(N(C)CCO)CC3)N(CC3CCC3)C2O)cc1. The van der Waals surface area contributed by atoms with E-state index in [1.165, 1.54) is 30.4 Å². The van der Waals surface area contributed by atoms with Crippen molar-refractivity contribution in [3.05, 3.63) is 65.7 Å². The first-order chi connectivity index (χ1) is 17.5. The maximum atomic E-state index is 11.6. The average Bonchev–Trinajstić information content (AvgIpc) is 3.13. The number of benzene rings is 2. The van der Waals surface area contributed by atoms with Crippen LogP contribution < -0.4 is 4.74 Å². The van der Waals surface area contributed by atoms with Crippen LogP contribution in [0.5, 0.6) is 5.75 Å². The highest BCUT2D eigenvalue weighted by Crippen LogP contribution is 2.50. The Morgan fingerprint density at radius 1 is 1.00 bits per heavy atom. The smallest absolute Gasteiger partial charge is 0.166 e. The summed E-state index contributed by atoms with van der Waals surface area (Å²) in [6.45, 7) is 3.45. The van der Waals surface area contributed by atoms with E-state index < -0.39 is 6.35 Å². The Balaban J connectivity index is 1.39. The van der Waals surface area contributed by atoms with Crippen molar-refractivity contribution in [2.75, 3.05) is 40.4 Å². The Hall–Kier alpha value is -1.96. The highest BCUT2D eigenvalue weighted by atomic mass is 16.5. The van der Waals surface area contributed by atoms with Crippen molar-refractivity contribution in [2.45, 2.75) is 68.9 Å². The van der Waals surface area contributed by atoms with Gasteiger partial charge in [0.05, 0.1) is 13.7 Å². The van der Waals surface area contributed by atoms with Gasteiger partial charge in [-0.25, -0.2) is 0 Å². The summed E-state index contributed by atoms with van der Waals surface area (Å²) in [4.78, 5) is 7.10. The normalized spacial score (nSPS) is 29.6. The lowest BCUT2D eigenvalue weighted by atomic mass is 9.67. The first-order valence-electron chi connectivity index (χ1n) is 13.7. The maximum Gasteiger partial charge on any atom is 0.166 e. The molecular weight excluding hydrogens is 450 g/mol. The van der Waals surface area contributed by atoms with E-state index in [9.17, 15) is 10.2 Å². The molecule has 1 aliphatic heterocycles. The van der Waals surface area contributed by atoms with Crippen LogP contribution in [0.3, 0.4) is 0 Å². The van der Waals surface area contributed by atoms with Gasteiger partial charge in [0.15, 0.2) is 6.35 Å². The standard InChI is InChI=1S/C30H43N3O3/c1-31(19-20-34)30(26-9-4-3-5-10-26)17-15-29(16-18-30)23-32(21-25-11-13-27(36-2)14-12-25)28(35)33(29)22-24-7-6-8-24/h3-5,9-14,24,28,34-35H,6-8,15-23H2,1-2H3. The number of likely N-dealkylation sites (N-methyl/N-ethyl adjacent to an activating group) is 1. The molecule has 1 atom stereocenters. The lowest BCUT2D eigenvalue weighted by Gasteiger charge is -2.53. The topological polar surface area (TPSA) is 59.4 Å². The van der Waals surface area contributed by atoms with Crippen LogP contribution in [0.4, 0.5) is 0 Å². The van der Waals surface area contributed by atoms with E-state index >= 15 is 0 Å². The molecule has 5 rings (SSSR count). The van der Waals surface area contributed by atoms with E-state index in [2.05, 4.69) is 64.2 Å². The molecule has 1 saturated heterocycles. The summed E-state index contributed by atoms with van der Waals surface area (Å²) in [6, 6.07) is 19.1. The summed E-state index contributed by atoms with van der Waals surface area (Å²) in [7, 11) is 3.85. The molecule has 3 fully saturated rings. The van der Waals surface area contributed by atoms with Crippen LogP contribution in [-0.4, -0.2) is 77.2 Å². The minimum Gasteiger partial charge on any atom is -0.497 e. The predicted octanol–water partition coefficient (Wildman–Crippen LogP) is 4.02. The summed E-state index contributed by atoms with van der Waals surface area (Å²) in [5.74, 6) is 1.57. The number of aliphatic hydroxyl groups excluding tert-OH is 2. The quantitative estimate of drug-likeness (QED) is 0.550. The van der Waals surface area contributed by atoms with Gasteiger partial charge in [-0.05, 0) is 74.8 Å². The molecule has 2 saturated carbocycles. The van der Waals surface area contributed by atoms with Gasteiger partial charge in [0.25, 0.3) is 0 Å². The molecule has 1 spiro atoms. The van der Waals surface area contributed by atoms with Crippen LogP contribution in [0.2, 0.25) is 0 Å². The number of aliphatic hydroxyl groups is 2. The zero-order valence-electron chi connectivity index (χ0n) is 22.0. The molecule has 2 N–H and O–H groups in total. The Morgan fingerprint density at radius 2 is 1.69 bits per heavy atom. The van der Waals surface area contributed by atoms with Gasteiger partial charge in [-0.15, -0.1) is 0 Å². The molecule has 2 aromatic carbocycles. The number of hydrogen-bond donors (Lipinski definition) is 2. The fourth-order valence-corrected chi connectivity index (χ4v) is 6.91. The molecule has 1 heterocycles. The van der Waals surface area contributed by atoms with E-state index in [1.54, 1.807) is 7.11 Å². The molecule has 0 bridgehead atoms. The van der Waals surface area contributed by atoms with Gasteiger partial charge in [0.1, 0.15) is 5.75 Å². The van der Waals surface area contributed by atoms with Crippen molar-refractivity contribution in [1.82, 2.24) is 14.7 Å². The zero-order chi connectivity index (χ0) is 25.2. The molecule has 1 unspecified atom stereocenters. The average molecular weight is 494 g/mol. The second-order valence-electron chi connectivity index (χ2n) is 11.3. The van der Waals surface area contributed by atoms with Gasteiger partial charge in [-0.3, -0.25) is 14.7 Å². The second kappa shape index (κ2) is 10.8. The molecule has 196 valence electrons. The Labute approximate surface area is 216 Å². The Morgan fingerprint density at radius 3 is 2.28 bits per heavy atom. The number of rotatable bonds is 9.